The van der Waals surface area contributed by atoms with Crippen molar-refractivity contribution in [2.24, 2.45) is 0 Å². The molecule has 0 bridgehead atoms. The molecule has 0 radical (unpaired) electrons. The normalized spacial score (nSPS) is 13.9. The van der Waals surface area contributed by atoms with Gasteiger partial charge < -0.3 is 4.90 Å². The van der Waals surface area contributed by atoms with Gasteiger partial charge >= 0.3 is 0 Å². The number of carbonyl (C=O) groups excluding carboxylic acids is 1. The Morgan fingerprint density at radius 1 is 1.38 bits per heavy atom. The minimum atomic E-state index is -0.475. The minimum absolute atomic E-state index is 0.0490. The second kappa shape index (κ2) is 5.65. The first-order valence-electron chi connectivity index (χ1n) is 6.71. The van der Waals surface area contributed by atoms with E-state index in [2.05, 4.69) is 0 Å². The molecule has 21 heavy (non-hydrogen) atoms. The van der Waals surface area contributed by atoms with Crippen LogP contribution in [0.2, 0.25) is 0 Å². The van der Waals surface area contributed by atoms with Crippen LogP contribution in [-0.2, 0) is 6.54 Å². The van der Waals surface area contributed by atoms with Crippen LogP contribution >= 0.6 is 11.3 Å². The van der Waals surface area contributed by atoms with Crippen LogP contribution in [0.5, 0.6) is 0 Å². The first-order chi connectivity index (χ1) is 10.1. The standard InChI is InChI=1S/C15H14N2O3S/c18-15(12-2-1-3-14(8-12)17(19)20)16(13-4-5-13)9-11-6-7-21-10-11/h1-3,6-8,10,13H,4-5,9H2. The number of hydrogen-bond acceptors (Lipinski definition) is 4. The Morgan fingerprint density at radius 3 is 2.81 bits per heavy atom. The lowest BCUT2D eigenvalue weighted by molar-refractivity contribution is -0.384. The SMILES string of the molecule is O=C(c1cccc([N+](=O)[O-])c1)N(Cc1ccsc1)C1CC1. The molecule has 2 aromatic rings. The van der Waals surface area contributed by atoms with Gasteiger partial charge in [0.1, 0.15) is 0 Å². The fourth-order valence-corrected chi connectivity index (χ4v) is 2.91. The smallest absolute Gasteiger partial charge is 0.270 e. The Morgan fingerprint density at radius 2 is 2.19 bits per heavy atom. The van der Waals surface area contributed by atoms with Gasteiger partial charge in [0, 0.05) is 30.3 Å². The molecular formula is C15H14N2O3S. The molecule has 108 valence electrons. The number of nitrogens with zero attached hydrogens (tertiary/aromatic N) is 2. The fraction of sp³-hybridized carbons (Fsp3) is 0.267. The highest BCUT2D eigenvalue weighted by atomic mass is 32.1. The van der Waals surface area contributed by atoms with Crippen molar-refractivity contribution < 1.29 is 9.72 Å². The van der Waals surface area contributed by atoms with Gasteiger partial charge in [-0.3, -0.25) is 14.9 Å². The van der Waals surface area contributed by atoms with E-state index in [1.165, 1.54) is 12.1 Å². The second-order valence-electron chi connectivity index (χ2n) is 5.10. The number of thiophene rings is 1. The van der Waals surface area contributed by atoms with Crippen LogP contribution in [0.3, 0.4) is 0 Å². The quantitative estimate of drug-likeness (QED) is 0.627. The third-order valence-corrected chi connectivity index (χ3v) is 4.22. The highest BCUT2D eigenvalue weighted by molar-refractivity contribution is 7.07. The van der Waals surface area contributed by atoms with Crippen LogP contribution in [0.1, 0.15) is 28.8 Å². The zero-order valence-corrected chi connectivity index (χ0v) is 12.1. The van der Waals surface area contributed by atoms with Crippen LogP contribution in [0.4, 0.5) is 5.69 Å². The number of non-ortho nitro benzene ring substituents is 1. The van der Waals surface area contributed by atoms with E-state index >= 15 is 0 Å². The van der Waals surface area contributed by atoms with Crippen molar-refractivity contribution >= 4 is 22.9 Å². The van der Waals surface area contributed by atoms with E-state index in [1.807, 2.05) is 21.7 Å². The Labute approximate surface area is 126 Å². The molecule has 1 aromatic carbocycles. The Balaban J connectivity index is 1.84. The summed E-state index contributed by atoms with van der Waals surface area (Å²) in [6.45, 7) is 0.565. The lowest BCUT2D eigenvalue weighted by atomic mass is 10.1. The van der Waals surface area contributed by atoms with E-state index in [1.54, 1.807) is 23.5 Å². The summed E-state index contributed by atoms with van der Waals surface area (Å²) < 4.78 is 0. The average Bonchev–Trinajstić information content (AvgIpc) is 3.20. The summed E-state index contributed by atoms with van der Waals surface area (Å²) >= 11 is 1.60. The fourth-order valence-electron chi connectivity index (χ4n) is 2.25. The van der Waals surface area contributed by atoms with Gasteiger partial charge in [0.15, 0.2) is 0 Å². The maximum Gasteiger partial charge on any atom is 0.270 e. The molecule has 1 aliphatic rings. The Kier molecular flexibility index (Phi) is 3.70. The third-order valence-electron chi connectivity index (χ3n) is 3.49. The van der Waals surface area contributed by atoms with E-state index in [9.17, 15) is 14.9 Å². The summed E-state index contributed by atoms with van der Waals surface area (Å²) in [4.78, 5) is 24.8. The molecule has 1 amide bonds. The summed E-state index contributed by atoms with van der Waals surface area (Å²) in [5.41, 5.74) is 1.43. The van der Waals surface area contributed by atoms with Gasteiger partial charge in [-0.1, -0.05) is 6.07 Å². The molecule has 0 aliphatic heterocycles. The largest absolute Gasteiger partial charge is 0.331 e. The Hall–Kier alpha value is -2.21. The molecule has 1 fully saturated rings. The number of rotatable bonds is 5. The molecule has 0 atom stereocenters. The molecule has 1 heterocycles. The van der Waals surface area contributed by atoms with Crippen molar-refractivity contribution in [3.05, 3.63) is 62.3 Å². The van der Waals surface area contributed by atoms with Crippen molar-refractivity contribution in [1.82, 2.24) is 4.90 Å². The van der Waals surface area contributed by atoms with E-state index in [4.69, 9.17) is 0 Å². The third kappa shape index (κ3) is 3.11. The van der Waals surface area contributed by atoms with Gasteiger partial charge in [0.05, 0.1) is 4.92 Å². The molecule has 5 nitrogen and oxygen atoms in total. The molecule has 0 N–H and O–H groups in total. The topological polar surface area (TPSA) is 63.4 Å². The molecule has 1 aliphatic carbocycles. The lowest BCUT2D eigenvalue weighted by Crippen LogP contribution is -2.32. The number of benzene rings is 1. The van der Waals surface area contributed by atoms with Gasteiger partial charge in [0.25, 0.3) is 11.6 Å². The van der Waals surface area contributed by atoms with Gasteiger partial charge in [-0.05, 0) is 41.3 Å². The number of hydrogen-bond donors (Lipinski definition) is 0. The van der Waals surface area contributed by atoms with Gasteiger partial charge in [-0.2, -0.15) is 11.3 Å². The zero-order valence-electron chi connectivity index (χ0n) is 11.3. The highest BCUT2D eigenvalue weighted by Crippen LogP contribution is 2.30. The second-order valence-corrected chi connectivity index (χ2v) is 5.88. The van der Waals surface area contributed by atoms with Crippen LogP contribution in [0, 0.1) is 10.1 Å². The summed E-state index contributed by atoms with van der Waals surface area (Å²) in [5, 5.41) is 14.8. The lowest BCUT2D eigenvalue weighted by Gasteiger charge is -2.22. The maximum atomic E-state index is 12.6. The molecule has 6 heteroatoms. The van der Waals surface area contributed by atoms with Crippen LogP contribution in [0.15, 0.2) is 41.1 Å². The van der Waals surface area contributed by atoms with Crippen LogP contribution in [0.25, 0.3) is 0 Å². The molecule has 3 rings (SSSR count). The van der Waals surface area contributed by atoms with Crippen molar-refractivity contribution in [3.63, 3.8) is 0 Å². The van der Waals surface area contributed by atoms with Gasteiger partial charge in [-0.25, -0.2) is 0 Å². The molecule has 0 spiro atoms. The van der Waals surface area contributed by atoms with Crippen LogP contribution < -0.4 is 0 Å². The van der Waals surface area contributed by atoms with E-state index in [-0.39, 0.29) is 17.6 Å². The number of carbonyl (C=O) groups is 1. The average molecular weight is 302 g/mol. The number of nitro benzene ring substituents is 1. The van der Waals surface area contributed by atoms with Crippen molar-refractivity contribution in [2.75, 3.05) is 0 Å². The highest BCUT2D eigenvalue weighted by Gasteiger charge is 2.33. The predicted molar refractivity (Wildman–Crippen MR) is 80.3 cm³/mol. The molecular weight excluding hydrogens is 288 g/mol. The molecule has 1 saturated carbocycles. The van der Waals surface area contributed by atoms with Crippen LogP contribution in [-0.4, -0.2) is 21.8 Å². The maximum absolute atomic E-state index is 12.6. The molecule has 0 saturated heterocycles. The minimum Gasteiger partial charge on any atom is -0.331 e. The summed E-state index contributed by atoms with van der Waals surface area (Å²) in [6, 6.07) is 8.21. The summed E-state index contributed by atoms with van der Waals surface area (Å²) in [6.07, 6.45) is 2.01. The molecule has 1 aromatic heterocycles. The number of nitro groups is 1. The number of amides is 1. The van der Waals surface area contributed by atoms with E-state index in [0.717, 1.165) is 18.4 Å². The van der Waals surface area contributed by atoms with Gasteiger partial charge in [0.2, 0.25) is 0 Å². The first-order valence-corrected chi connectivity index (χ1v) is 7.66. The van der Waals surface area contributed by atoms with E-state index < -0.39 is 4.92 Å². The van der Waals surface area contributed by atoms with Crippen molar-refractivity contribution in [2.45, 2.75) is 25.4 Å². The van der Waals surface area contributed by atoms with E-state index in [0.29, 0.717) is 12.1 Å². The summed E-state index contributed by atoms with van der Waals surface area (Å²) in [7, 11) is 0. The molecule has 0 unspecified atom stereocenters. The summed E-state index contributed by atoms with van der Waals surface area (Å²) in [5.74, 6) is -0.132. The monoisotopic (exact) mass is 302 g/mol. The zero-order chi connectivity index (χ0) is 14.8. The van der Waals surface area contributed by atoms with Gasteiger partial charge in [-0.15, -0.1) is 0 Å². The van der Waals surface area contributed by atoms with Crippen molar-refractivity contribution in [3.8, 4) is 0 Å². The first kappa shape index (κ1) is 13.8. The van der Waals surface area contributed by atoms with Crippen molar-refractivity contribution in [1.29, 1.82) is 0 Å². The Bertz CT molecular complexity index is 665. The predicted octanol–water partition coefficient (Wildman–Crippen LogP) is 3.46.